The number of nitrogen functional groups attached to an aromatic ring is 1. The van der Waals surface area contributed by atoms with Crippen LogP contribution in [0, 0.1) is 22.7 Å². The highest BCUT2D eigenvalue weighted by atomic mass is 79.9. The van der Waals surface area contributed by atoms with E-state index in [1.54, 1.807) is 0 Å². The SMILES string of the molecule is CSc1cc(-c2ccc(Br)cc2)c(C#N)c(N)c1C#N. The molecule has 0 aliphatic heterocycles. The standard InChI is InChI=1S/C15H10BrN3S/c1-20-14-6-11(9-2-4-10(16)5-3-9)12(7-17)15(19)13(14)8-18/h2-6H,19H2,1H3. The van der Waals surface area contributed by atoms with Gasteiger partial charge < -0.3 is 5.73 Å². The highest BCUT2D eigenvalue weighted by molar-refractivity contribution is 9.10. The first-order valence-corrected chi connectivity index (χ1v) is 7.70. The molecule has 0 saturated heterocycles. The second-order valence-corrected chi connectivity index (χ2v) is 5.78. The van der Waals surface area contributed by atoms with Crippen LogP contribution < -0.4 is 5.73 Å². The summed E-state index contributed by atoms with van der Waals surface area (Å²) in [6, 6.07) is 13.7. The van der Waals surface area contributed by atoms with Crippen molar-refractivity contribution in [3.63, 3.8) is 0 Å². The van der Waals surface area contributed by atoms with E-state index in [0.717, 1.165) is 20.5 Å². The summed E-state index contributed by atoms with van der Waals surface area (Å²) in [6.45, 7) is 0. The molecular weight excluding hydrogens is 334 g/mol. The van der Waals surface area contributed by atoms with Crippen LogP contribution in [0.4, 0.5) is 5.69 Å². The number of hydrogen-bond acceptors (Lipinski definition) is 4. The number of nitriles is 2. The number of benzene rings is 2. The molecule has 2 aromatic carbocycles. The van der Waals surface area contributed by atoms with Gasteiger partial charge in [-0.25, -0.2) is 0 Å². The quantitative estimate of drug-likeness (QED) is 0.656. The lowest BCUT2D eigenvalue weighted by molar-refractivity contribution is 1.35. The van der Waals surface area contributed by atoms with Gasteiger partial charge in [-0.05, 0) is 30.0 Å². The number of hydrogen-bond donors (Lipinski definition) is 1. The van der Waals surface area contributed by atoms with Crippen molar-refractivity contribution in [2.75, 3.05) is 12.0 Å². The molecule has 2 N–H and O–H groups in total. The third-order valence-electron chi connectivity index (χ3n) is 2.93. The molecule has 98 valence electrons. The number of anilines is 1. The highest BCUT2D eigenvalue weighted by Gasteiger charge is 2.16. The first kappa shape index (κ1) is 14.5. The van der Waals surface area contributed by atoms with Gasteiger partial charge in [-0.2, -0.15) is 10.5 Å². The normalized spacial score (nSPS) is 9.80. The second kappa shape index (κ2) is 6.00. The van der Waals surface area contributed by atoms with Crippen molar-refractivity contribution in [2.24, 2.45) is 0 Å². The molecule has 0 aliphatic carbocycles. The van der Waals surface area contributed by atoms with Crippen molar-refractivity contribution in [3.8, 4) is 23.3 Å². The van der Waals surface area contributed by atoms with Crippen molar-refractivity contribution in [3.05, 3.63) is 45.9 Å². The maximum absolute atomic E-state index is 9.34. The molecule has 0 radical (unpaired) electrons. The lowest BCUT2D eigenvalue weighted by Crippen LogP contribution is -1.99. The zero-order chi connectivity index (χ0) is 14.7. The second-order valence-electron chi connectivity index (χ2n) is 4.02. The minimum atomic E-state index is 0.250. The predicted molar refractivity (Wildman–Crippen MR) is 85.2 cm³/mol. The molecule has 2 rings (SSSR count). The molecule has 0 saturated carbocycles. The van der Waals surface area contributed by atoms with E-state index < -0.39 is 0 Å². The Bertz CT molecular complexity index is 740. The van der Waals surface area contributed by atoms with Gasteiger partial charge in [-0.15, -0.1) is 11.8 Å². The van der Waals surface area contributed by atoms with Crippen LogP contribution in [0.5, 0.6) is 0 Å². The van der Waals surface area contributed by atoms with Gasteiger partial charge >= 0.3 is 0 Å². The van der Waals surface area contributed by atoms with Crippen molar-refractivity contribution in [1.29, 1.82) is 10.5 Å². The Morgan fingerprint density at radius 2 is 1.70 bits per heavy atom. The maximum Gasteiger partial charge on any atom is 0.103 e. The number of thioether (sulfide) groups is 1. The summed E-state index contributed by atoms with van der Waals surface area (Å²) < 4.78 is 0.964. The lowest BCUT2D eigenvalue weighted by Gasteiger charge is -2.12. The summed E-state index contributed by atoms with van der Waals surface area (Å²) in [5.41, 5.74) is 8.60. The third kappa shape index (κ3) is 2.51. The van der Waals surface area contributed by atoms with Gasteiger partial charge in [0, 0.05) is 14.9 Å². The minimum Gasteiger partial charge on any atom is -0.397 e. The molecule has 0 aromatic heterocycles. The molecule has 0 heterocycles. The fraction of sp³-hybridized carbons (Fsp3) is 0.0667. The summed E-state index contributed by atoms with van der Waals surface area (Å²) in [5.74, 6) is 0. The molecule has 5 heteroatoms. The van der Waals surface area contributed by atoms with Crippen molar-refractivity contribution >= 4 is 33.4 Å². The van der Waals surface area contributed by atoms with E-state index in [1.165, 1.54) is 11.8 Å². The van der Waals surface area contributed by atoms with Gasteiger partial charge in [0.2, 0.25) is 0 Å². The molecule has 0 fully saturated rings. The predicted octanol–water partition coefficient (Wildman–Crippen LogP) is 4.16. The Morgan fingerprint density at radius 1 is 1.10 bits per heavy atom. The van der Waals surface area contributed by atoms with E-state index in [9.17, 15) is 10.5 Å². The van der Waals surface area contributed by atoms with Gasteiger partial charge in [-0.1, -0.05) is 28.1 Å². The number of nitrogens with zero attached hydrogens (tertiary/aromatic N) is 2. The maximum atomic E-state index is 9.34. The van der Waals surface area contributed by atoms with E-state index in [-0.39, 0.29) is 5.69 Å². The monoisotopic (exact) mass is 343 g/mol. The first-order chi connectivity index (χ1) is 9.62. The number of rotatable bonds is 2. The molecule has 0 unspecified atom stereocenters. The number of halogens is 1. The zero-order valence-electron chi connectivity index (χ0n) is 10.6. The van der Waals surface area contributed by atoms with Gasteiger partial charge in [0.1, 0.15) is 12.1 Å². The summed E-state index contributed by atoms with van der Waals surface area (Å²) in [7, 11) is 0. The van der Waals surface area contributed by atoms with Crippen LogP contribution >= 0.6 is 27.7 Å². The Morgan fingerprint density at radius 3 is 2.20 bits per heavy atom. The van der Waals surface area contributed by atoms with Gasteiger partial charge in [0.25, 0.3) is 0 Å². The fourth-order valence-electron chi connectivity index (χ4n) is 1.93. The van der Waals surface area contributed by atoms with Gasteiger partial charge in [0.05, 0.1) is 16.8 Å². The molecule has 0 atom stereocenters. The Labute approximate surface area is 130 Å². The van der Waals surface area contributed by atoms with Crippen molar-refractivity contribution in [1.82, 2.24) is 0 Å². The lowest BCUT2D eigenvalue weighted by atomic mass is 9.96. The van der Waals surface area contributed by atoms with Gasteiger partial charge in [-0.3, -0.25) is 0 Å². The van der Waals surface area contributed by atoms with E-state index >= 15 is 0 Å². The molecule has 20 heavy (non-hydrogen) atoms. The van der Waals surface area contributed by atoms with Crippen LogP contribution in [-0.4, -0.2) is 6.26 Å². The van der Waals surface area contributed by atoms with Crippen LogP contribution in [-0.2, 0) is 0 Å². The van der Waals surface area contributed by atoms with E-state index in [4.69, 9.17) is 5.73 Å². The summed E-state index contributed by atoms with van der Waals surface area (Å²) in [4.78, 5) is 0.780. The fourth-order valence-corrected chi connectivity index (χ4v) is 2.79. The first-order valence-electron chi connectivity index (χ1n) is 5.69. The highest BCUT2D eigenvalue weighted by Crippen LogP contribution is 2.36. The van der Waals surface area contributed by atoms with Crippen molar-refractivity contribution in [2.45, 2.75) is 4.90 Å². The van der Waals surface area contributed by atoms with Gasteiger partial charge in [0.15, 0.2) is 0 Å². The molecule has 0 aliphatic rings. The molecule has 0 amide bonds. The third-order valence-corrected chi connectivity index (χ3v) is 4.22. The summed E-state index contributed by atoms with van der Waals surface area (Å²) in [6.07, 6.45) is 1.88. The Balaban J connectivity index is 2.77. The molecule has 2 aromatic rings. The molecule has 0 bridgehead atoms. The average Bonchev–Trinajstić information content (AvgIpc) is 2.47. The Kier molecular flexibility index (Phi) is 4.34. The van der Waals surface area contributed by atoms with Crippen LogP contribution in [0.25, 0.3) is 11.1 Å². The number of nitrogens with two attached hydrogens (primary N) is 1. The molecule has 3 nitrogen and oxygen atoms in total. The van der Waals surface area contributed by atoms with Crippen LogP contribution in [0.3, 0.4) is 0 Å². The zero-order valence-corrected chi connectivity index (χ0v) is 13.0. The smallest absolute Gasteiger partial charge is 0.103 e. The Hall–Kier alpha value is -1.95. The largest absolute Gasteiger partial charge is 0.397 e. The van der Waals surface area contributed by atoms with Crippen LogP contribution in [0.1, 0.15) is 11.1 Å². The topological polar surface area (TPSA) is 73.6 Å². The van der Waals surface area contributed by atoms with E-state index in [1.807, 2.05) is 36.6 Å². The van der Waals surface area contributed by atoms with E-state index in [0.29, 0.717) is 11.1 Å². The van der Waals surface area contributed by atoms with Crippen LogP contribution in [0.2, 0.25) is 0 Å². The summed E-state index contributed by atoms with van der Waals surface area (Å²) >= 11 is 4.83. The van der Waals surface area contributed by atoms with E-state index in [2.05, 4.69) is 28.1 Å². The minimum absolute atomic E-state index is 0.250. The van der Waals surface area contributed by atoms with Crippen molar-refractivity contribution < 1.29 is 0 Å². The average molecular weight is 344 g/mol. The van der Waals surface area contributed by atoms with Crippen LogP contribution in [0.15, 0.2) is 39.7 Å². The summed E-state index contributed by atoms with van der Waals surface area (Å²) in [5, 5.41) is 18.5. The molecular formula is C15H10BrN3S. The molecule has 0 spiro atoms.